The Morgan fingerprint density at radius 3 is 2.54 bits per heavy atom. The lowest BCUT2D eigenvalue weighted by Gasteiger charge is -2.25. The fourth-order valence-electron chi connectivity index (χ4n) is 4.35. The van der Waals surface area contributed by atoms with E-state index >= 15 is 0 Å². The van der Waals surface area contributed by atoms with Crippen LogP contribution in [-0.2, 0) is 24.1 Å². The number of benzene rings is 1. The number of aryl methyl sites for hydroxylation is 1. The number of pyridine rings is 1. The van der Waals surface area contributed by atoms with Gasteiger partial charge in [0.2, 0.25) is 5.82 Å². The predicted molar refractivity (Wildman–Crippen MR) is 121 cm³/mol. The van der Waals surface area contributed by atoms with Crippen molar-refractivity contribution in [3.63, 3.8) is 0 Å². The van der Waals surface area contributed by atoms with Crippen molar-refractivity contribution in [1.82, 2.24) is 30.5 Å². The molecule has 0 radical (unpaired) electrons. The van der Waals surface area contributed by atoms with Gasteiger partial charge in [0.15, 0.2) is 0 Å². The first-order valence-electron chi connectivity index (χ1n) is 11.6. The fraction of sp³-hybridized carbons (Fsp3) is 0.417. The lowest BCUT2D eigenvalue weighted by atomic mass is 9.82. The highest BCUT2D eigenvalue weighted by molar-refractivity contribution is 5.93. The van der Waals surface area contributed by atoms with Gasteiger partial charge in [-0.25, -0.2) is 9.37 Å². The number of aromatic nitrogens is 5. The number of carbonyl (C=O) groups is 2. The molecule has 1 fully saturated rings. The summed E-state index contributed by atoms with van der Waals surface area (Å²) < 4.78 is 52.3. The molecule has 196 valence electrons. The van der Waals surface area contributed by atoms with E-state index in [4.69, 9.17) is 5.11 Å². The van der Waals surface area contributed by atoms with Crippen molar-refractivity contribution < 1.29 is 32.3 Å². The van der Waals surface area contributed by atoms with E-state index in [1.54, 1.807) is 13.0 Å². The Bertz CT molecular complexity index is 1300. The van der Waals surface area contributed by atoms with Crippen LogP contribution in [0.3, 0.4) is 0 Å². The molecule has 1 amide bonds. The number of rotatable bonds is 7. The van der Waals surface area contributed by atoms with Gasteiger partial charge >= 0.3 is 12.1 Å². The van der Waals surface area contributed by atoms with Gasteiger partial charge in [-0.1, -0.05) is 6.07 Å². The number of carboxylic acids is 1. The van der Waals surface area contributed by atoms with Crippen LogP contribution in [0.5, 0.6) is 0 Å². The molecular weight excluding hydrogens is 496 g/mol. The average molecular weight is 520 g/mol. The molecule has 1 aliphatic carbocycles. The van der Waals surface area contributed by atoms with Crippen LogP contribution in [0.2, 0.25) is 0 Å². The van der Waals surface area contributed by atoms with Crippen LogP contribution in [0, 0.1) is 24.6 Å². The number of carbonyl (C=O) groups excluding carboxylic acids is 1. The van der Waals surface area contributed by atoms with E-state index in [1.807, 2.05) is 0 Å². The fourth-order valence-corrected chi connectivity index (χ4v) is 4.35. The van der Waals surface area contributed by atoms with Gasteiger partial charge in [0.25, 0.3) is 5.91 Å². The summed E-state index contributed by atoms with van der Waals surface area (Å²) >= 11 is 0. The summed E-state index contributed by atoms with van der Waals surface area (Å²) in [5.41, 5.74) is -0.334. The van der Waals surface area contributed by atoms with Gasteiger partial charge in [-0.05, 0) is 73.6 Å². The van der Waals surface area contributed by atoms with Gasteiger partial charge in [0.05, 0.1) is 18.0 Å². The smallest absolute Gasteiger partial charge is 0.419 e. The number of nitrogens with zero attached hydrogens (tertiary/aromatic N) is 5. The van der Waals surface area contributed by atoms with Crippen LogP contribution < -0.4 is 5.32 Å². The van der Waals surface area contributed by atoms with E-state index in [0.717, 1.165) is 18.9 Å². The lowest BCUT2D eigenvalue weighted by Crippen LogP contribution is -2.24. The molecule has 3 aromatic rings. The Labute approximate surface area is 208 Å². The molecule has 1 aromatic carbocycles. The lowest BCUT2D eigenvalue weighted by molar-refractivity contribution is -0.143. The Hall–Kier alpha value is -3.90. The molecule has 0 saturated heterocycles. The maximum atomic E-state index is 13.5. The summed E-state index contributed by atoms with van der Waals surface area (Å²) in [6.45, 7) is 1.90. The van der Waals surface area contributed by atoms with E-state index in [1.165, 1.54) is 10.9 Å². The highest BCUT2D eigenvalue weighted by atomic mass is 19.4. The van der Waals surface area contributed by atoms with Gasteiger partial charge in [0.1, 0.15) is 11.5 Å². The first-order chi connectivity index (χ1) is 17.5. The number of hydrogen-bond donors (Lipinski definition) is 2. The summed E-state index contributed by atoms with van der Waals surface area (Å²) in [5.74, 6) is -2.59. The monoisotopic (exact) mass is 520 g/mol. The number of carboxylic acid groups (broad SMARTS) is 1. The maximum Gasteiger partial charge on any atom is 0.419 e. The third-order valence-corrected chi connectivity index (χ3v) is 6.30. The minimum Gasteiger partial charge on any atom is -0.481 e. The number of tetrazole rings is 1. The van der Waals surface area contributed by atoms with Gasteiger partial charge in [0, 0.05) is 17.8 Å². The predicted octanol–water partition coefficient (Wildman–Crippen LogP) is 4.02. The highest BCUT2D eigenvalue weighted by Crippen LogP contribution is 2.32. The second-order valence-corrected chi connectivity index (χ2v) is 9.10. The average Bonchev–Trinajstić information content (AvgIpc) is 3.31. The van der Waals surface area contributed by atoms with Gasteiger partial charge in [-0.3, -0.25) is 9.59 Å². The zero-order valence-corrected chi connectivity index (χ0v) is 19.8. The van der Waals surface area contributed by atoms with E-state index in [-0.39, 0.29) is 35.5 Å². The molecule has 37 heavy (non-hydrogen) atoms. The molecule has 2 aromatic heterocycles. The molecule has 4 rings (SSSR count). The Morgan fingerprint density at radius 1 is 1.14 bits per heavy atom. The summed E-state index contributed by atoms with van der Waals surface area (Å²) in [7, 11) is 0. The van der Waals surface area contributed by atoms with Crippen molar-refractivity contribution in [1.29, 1.82) is 0 Å². The molecule has 2 N–H and O–H groups in total. The Kier molecular flexibility index (Phi) is 7.50. The van der Waals surface area contributed by atoms with Crippen molar-refractivity contribution in [2.24, 2.45) is 11.8 Å². The SMILES string of the molecule is Cc1cc(-c2nnn(C[C@H]3CC[C@H](C(=O)O)CC3)n2)cc(C(=O)NCc2ccc(F)c(C(F)(F)F)c2)n1. The minimum atomic E-state index is -4.85. The Balaban J connectivity index is 1.42. The number of amides is 1. The number of nitrogens with one attached hydrogen (secondary N) is 1. The molecule has 0 bridgehead atoms. The number of halogens is 4. The quantitative estimate of drug-likeness (QED) is 0.451. The molecule has 0 spiro atoms. The van der Waals surface area contributed by atoms with Crippen LogP contribution in [-0.4, -0.2) is 42.2 Å². The standard InChI is InChI=1S/C24H24F4N6O3/c1-13-8-17(21-31-33-34(32-21)12-14-2-5-16(6-3-14)23(36)37)10-20(30-13)22(35)29-11-15-4-7-19(25)18(9-15)24(26,27)28/h4,7-10,14,16H,2-3,5-6,11-12H2,1H3,(H,29,35)(H,36,37)/t14-,16-. The van der Waals surface area contributed by atoms with Gasteiger partial charge in [-0.15, -0.1) is 10.2 Å². The van der Waals surface area contributed by atoms with Crippen molar-refractivity contribution in [2.45, 2.75) is 51.9 Å². The molecule has 9 nitrogen and oxygen atoms in total. The number of hydrogen-bond acceptors (Lipinski definition) is 6. The van der Waals surface area contributed by atoms with Gasteiger partial charge in [-0.2, -0.15) is 18.0 Å². The van der Waals surface area contributed by atoms with Crippen molar-refractivity contribution in [2.75, 3.05) is 0 Å². The van der Waals surface area contributed by atoms with Crippen LogP contribution in [0.15, 0.2) is 30.3 Å². The largest absolute Gasteiger partial charge is 0.481 e. The minimum absolute atomic E-state index is 0.0106. The highest BCUT2D eigenvalue weighted by Gasteiger charge is 2.34. The van der Waals surface area contributed by atoms with E-state index in [2.05, 4.69) is 25.7 Å². The van der Waals surface area contributed by atoms with Crippen molar-refractivity contribution >= 4 is 11.9 Å². The van der Waals surface area contributed by atoms with Crippen LogP contribution in [0.25, 0.3) is 11.4 Å². The topological polar surface area (TPSA) is 123 Å². The van der Waals surface area contributed by atoms with E-state index in [9.17, 15) is 27.2 Å². The van der Waals surface area contributed by atoms with Crippen molar-refractivity contribution in [3.05, 3.63) is 58.7 Å². The van der Waals surface area contributed by atoms with Crippen LogP contribution >= 0.6 is 0 Å². The van der Waals surface area contributed by atoms with Crippen LogP contribution in [0.1, 0.15) is 53.0 Å². The molecule has 0 atom stereocenters. The summed E-state index contributed by atoms with van der Waals surface area (Å²) in [6, 6.07) is 5.65. The third-order valence-electron chi connectivity index (χ3n) is 6.30. The summed E-state index contributed by atoms with van der Waals surface area (Å²) in [5, 5.41) is 24.1. The van der Waals surface area contributed by atoms with E-state index < -0.39 is 29.4 Å². The van der Waals surface area contributed by atoms with Crippen molar-refractivity contribution in [3.8, 4) is 11.4 Å². The molecule has 0 aliphatic heterocycles. The molecule has 1 aliphatic rings. The summed E-state index contributed by atoms with van der Waals surface area (Å²) in [4.78, 5) is 29.4. The molecule has 2 heterocycles. The third kappa shape index (κ3) is 6.46. The first-order valence-corrected chi connectivity index (χ1v) is 11.6. The first kappa shape index (κ1) is 26.2. The van der Waals surface area contributed by atoms with E-state index in [0.29, 0.717) is 42.8 Å². The molecular formula is C24H24F4N6O3. The zero-order valence-electron chi connectivity index (χ0n) is 19.8. The number of alkyl halides is 3. The zero-order chi connectivity index (χ0) is 26.7. The molecule has 1 saturated carbocycles. The maximum absolute atomic E-state index is 13.5. The Morgan fingerprint density at radius 2 is 1.86 bits per heavy atom. The van der Waals surface area contributed by atoms with Crippen LogP contribution in [0.4, 0.5) is 17.6 Å². The normalized spacial score (nSPS) is 18.0. The molecule has 0 unspecified atom stereocenters. The second kappa shape index (κ2) is 10.6. The summed E-state index contributed by atoms with van der Waals surface area (Å²) in [6.07, 6.45) is -2.12. The second-order valence-electron chi connectivity index (χ2n) is 9.10. The van der Waals surface area contributed by atoms with Gasteiger partial charge < -0.3 is 10.4 Å². The molecule has 13 heteroatoms. The number of aliphatic carboxylic acids is 1.